The second kappa shape index (κ2) is 8.20. The van der Waals surface area contributed by atoms with Crippen molar-refractivity contribution in [3.8, 4) is 5.75 Å². The Bertz CT molecular complexity index is 1210. The summed E-state index contributed by atoms with van der Waals surface area (Å²) in [6.45, 7) is 1.74. The number of hydrogen-bond acceptors (Lipinski definition) is 6. The molecule has 0 bridgehead atoms. The van der Waals surface area contributed by atoms with Crippen LogP contribution in [0, 0.1) is 0 Å². The summed E-state index contributed by atoms with van der Waals surface area (Å²) in [4.78, 5) is 16.7. The number of carbonyl (C=O) groups excluding carboxylic acids is 1. The molecular formula is C23H23ClN4O4. The number of amides is 1. The number of nitrogens with zero attached hydrogens (tertiary/aromatic N) is 3. The zero-order valence-corrected chi connectivity index (χ0v) is 18.4. The van der Waals surface area contributed by atoms with Gasteiger partial charge < -0.3 is 19.9 Å². The standard InChI is InChI=1S/C23H23ClN4O4/c1-30-16-4-2-14(3-5-16)12-28-13-17-19(26-21(24)18(22(25)29)20(17)27-28)15-6-8-23(9-7-15)31-10-11-32-23/h2-6,13H,7-12H2,1H3,(H2,25,29). The molecule has 1 saturated heterocycles. The molecule has 8 nitrogen and oxygen atoms in total. The fraction of sp³-hybridized carbons (Fsp3) is 0.348. The molecule has 2 aromatic heterocycles. The number of nitrogens with two attached hydrogens (primary N) is 1. The van der Waals surface area contributed by atoms with Gasteiger partial charge >= 0.3 is 0 Å². The summed E-state index contributed by atoms with van der Waals surface area (Å²) >= 11 is 6.39. The number of primary amides is 1. The van der Waals surface area contributed by atoms with Gasteiger partial charge in [0.25, 0.3) is 5.91 Å². The molecule has 1 fully saturated rings. The third kappa shape index (κ3) is 3.74. The summed E-state index contributed by atoms with van der Waals surface area (Å²) in [5.74, 6) is -0.401. The van der Waals surface area contributed by atoms with Crippen LogP contribution in [0.25, 0.3) is 16.5 Å². The van der Waals surface area contributed by atoms with Crippen molar-refractivity contribution < 1.29 is 19.0 Å². The van der Waals surface area contributed by atoms with Crippen molar-refractivity contribution in [2.24, 2.45) is 5.73 Å². The summed E-state index contributed by atoms with van der Waals surface area (Å²) < 4.78 is 18.6. The minimum atomic E-state index is -0.655. The van der Waals surface area contributed by atoms with Gasteiger partial charge in [0.15, 0.2) is 5.79 Å². The third-order valence-corrected chi connectivity index (χ3v) is 6.25. The van der Waals surface area contributed by atoms with Gasteiger partial charge in [-0.25, -0.2) is 4.98 Å². The molecule has 1 aliphatic carbocycles. The van der Waals surface area contributed by atoms with Crippen LogP contribution in [0.2, 0.25) is 5.15 Å². The minimum Gasteiger partial charge on any atom is -0.497 e. The van der Waals surface area contributed by atoms with Gasteiger partial charge in [0, 0.05) is 24.4 Å². The Hall–Kier alpha value is -2.94. The first-order valence-electron chi connectivity index (χ1n) is 10.4. The Morgan fingerprint density at radius 2 is 2.03 bits per heavy atom. The van der Waals surface area contributed by atoms with Gasteiger partial charge in [-0.1, -0.05) is 29.8 Å². The fourth-order valence-corrected chi connectivity index (χ4v) is 4.60. The van der Waals surface area contributed by atoms with Crippen LogP contribution in [0.1, 0.15) is 40.9 Å². The van der Waals surface area contributed by atoms with Crippen LogP contribution in [0.15, 0.2) is 36.5 Å². The van der Waals surface area contributed by atoms with Crippen molar-refractivity contribution in [3.63, 3.8) is 0 Å². The van der Waals surface area contributed by atoms with Crippen LogP contribution in [-0.2, 0) is 16.0 Å². The van der Waals surface area contributed by atoms with Crippen LogP contribution < -0.4 is 10.5 Å². The Morgan fingerprint density at radius 1 is 1.28 bits per heavy atom. The van der Waals surface area contributed by atoms with E-state index in [1.54, 1.807) is 11.8 Å². The molecule has 1 aliphatic heterocycles. The van der Waals surface area contributed by atoms with E-state index in [0.29, 0.717) is 37.4 Å². The van der Waals surface area contributed by atoms with Crippen molar-refractivity contribution in [1.29, 1.82) is 0 Å². The van der Waals surface area contributed by atoms with Crippen molar-refractivity contribution in [2.45, 2.75) is 31.6 Å². The van der Waals surface area contributed by atoms with Gasteiger partial charge in [-0.15, -0.1) is 0 Å². The molecule has 166 valence electrons. The highest BCUT2D eigenvalue weighted by Crippen LogP contribution is 2.40. The van der Waals surface area contributed by atoms with Crippen molar-refractivity contribution in [2.75, 3.05) is 20.3 Å². The second-order valence-corrected chi connectivity index (χ2v) is 8.33. The van der Waals surface area contributed by atoms with E-state index in [1.807, 2.05) is 30.5 Å². The topological polar surface area (TPSA) is 101 Å². The SMILES string of the molecule is COc1ccc(Cn2cc3c(C4=CCC5(CC4)OCCO5)nc(Cl)c(C(N)=O)c3n2)cc1. The molecule has 1 aromatic carbocycles. The number of pyridine rings is 1. The van der Waals surface area contributed by atoms with Gasteiger partial charge in [-0.2, -0.15) is 5.10 Å². The monoisotopic (exact) mass is 454 g/mol. The Labute approximate surface area is 189 Å². The number of aromatic nitrogens is 3. The maximum atomic E-state index is 12.1. The lowest BCUT2D eigenvalue weighted by Crippen LogP contribution is -2.31. The molecule has 9 heteroatoms. The largest absolute Gasteiger partial charge is 0.497 e. The normalized spacial score (nSPS) is 17.6. The molecule has 0 radical (unpaired) electrons. The lowest BCUT2D eigenvalue weighted by atomic mass is 9.91. The number of allylic oxidation sites excluding steroid dienone is 1. The maximum Gasteiger partial charge on any atom is 0.254 e. The van der Waals surface area contributed by atoms with Crippen molar-refractivity contribution in [3.05, 3.63) is 58.5 Å². The molecular weight excluding hydrogens is 432 g/mol. The first-order chi connectivity index (χ1) is 15.5. The molecule has 3 heterocycles. The Balaban J connectivity index is 1.55. The molecule has 0 unspecified atom stereocenters. The number of halogens is 1. The average molecular weight is 455 g/mol. The van der Waals surface area contributed by atoms with Crippen molar-refractivity contribution in [1.82, 2.24) is 14.8 Å². The quantitative estimate of drug-likeness (QED) is 0.591. The van der Waals surface area contributed by atoms with E-state index in [4.69, 9.17) is 31.5 Å². The number of ether oxygens (including phenoxy) is 3. The highest BCUT2D eigenvalue weighted by molar-refractivity contribution is 6.34. The number of rotatable bonds is 5. The molecule has 5 rings (SSSR count). The predicted molar refractivity (Wildman–Crippen MR) is 120 cm³/mol. The van der Waals surface area contributed by atoms with E-state index in [-0.39, 0.29) is 10.7 Å². The summed E-state index contributed by atoms with van der Waals surface area (Å²) in [5.41, 5.74) is 8.97. The molecule has 2 aliphatic rings. The number of methoxy groups -OCH3 is 1. The second-order valence-electron chi connectivity index (χ2n) is 7.97. The number of carbonyl (C=O) groups is 1. The third-order valence-electron chi connectivity index (χ3n) is 5.97. The first-order valence-corrected chi connectivity index (χ1v) is 10.8. The Morgan fingerprint density at radius 3 is 2.66 bits per heavy atom. The average Bonchev–Trinajstić information content (AvgIpc) is 3.41. The highest BCUT2D eigenvalue weighted by atomic mass is 35.5. The van der Waals surface area contributed by atoms with Gasteiger partial charge in [0.1, 0.15) is 22.0 Å². The van der Waals surface area contributed by atoms with Gasteiger partial charge in [-0.05, 0) is 29.7 Å². The van der Waals surface area contributed by atoms with E-state index in [1.165, 1.54) is 0 Å². The lowest BCUT2D eigenvalue weighted by molar-refractivity contribution is -0.159. The van der Waals surface area contributed by atoms with Crippen LogP contribution in [0.5, 0.6) is 5.75 Å². The zero-order chi connectivity index (χ0) is 22.3. The van der Waals surface area contributed by atoms with Crippen LogP contribution in [0.3, 0.4) is 0 Å². The Kier molecular flexibility index (Phi) is 5.36. The molecule has 2 N–H and O–H groups in total. The molecule has 32 heavy (non-hydrogen) atoms. The van der Waals surface area contributed by atoms with Crippen LogP contribution in [-0.4, -0.2) is 46.8 Å². The number of hydrogen-bond donors (Lipinski definition) is 1. The molecule has 0 atom stereocenters. The van der Waals surface area contributed by atoms with E-state index in [2.05, 4.69) is 16.2 Å². The highest BCUT2D eigenvalue weighted by Gasteiger charge is 2.38. The van der Waals surface area contributed by atoms with Crippen molar-refractivity contribution >= 4 is 34.0 Å². The van der Waals surface area contributed by atoms with Gasteiger partial charge in [-0.3, -0.25) is 9.48 Å². The van der Waals surface area contributed by atoms with E-state index in [9.17, 15) is 4.79 Å². The predicted octanol–water partition coefficient (Wildman–Crippen LogP) is 3.55. The summed E-state index contributed by atoms with van der Waals surface area (Å²) in [7, 11) is 1.63. The smallest absolute Gasteiger partial charge is 0.254 e. The lowest BCUT2D eigenvalue weighted by Gasteiger charge is -2.30. The van der Waals surface area contributed by atoms with E-state index in [0.717, 1.165) is 35.1 Å². The maximum absolute atomic E-state index is 12.1. The molecule has 0 saturated carbocycles. The first kappa shape index (κ1) is 20.9. The minimum absolute atomic E-state index is 0.0595. The number of fused-ring (bicyclic) bond motifs is 1. The zero-order valence-electron chi connectivity index (χ0n) is 17.6. The molecule has 1 amide bonds. The summed E-state index contributed by atoms with van der Waals surface area (Å²) in [6, 6.07) is 7.73. The van der Waals surface area contributed by atoms with Crippen LogP contribution >= 0.6 is 11.6 Å². The summed E-state index contributed by atoms with van der Waals surface area (Å²) in [5, 5.41) is 5.44. The number of benzene rings is 1. The fourth-order valence-electron chi connectivity index (χ4n) is 4.34. The molecule has 1 spiro atoms. The van der Waals surface area contributed by atoms with E-state index < -0.39 is 11.7 Å². The van der Waals surface area contributed by atoms with Crippen LogP contribution in [0.4, 0.5) is 0 Å². The van der Waals surface area contributed by atoms with E-state index >= 15 is 0 Å². The summed E-state index contributed by atoms with van der Waals surface area (Å²) in [6.07, 6.45) is 6.06. The van der Waals surface area contributed by atoms with Gasteiger partial charge in [0.05, 0.1) is 32.6 Å². The van der Waals surface area contributed by atoms with Gasteiger partial charge in [0.2, 0.25) is 0 Å². The molecule has 3 aromatic rings.